The molecule has 214 valence electrons. The number of ether oxygens (including phenoxy) is 4. The highest BCUT2D eigenvalue weighted by Gasteiger charge is 2.54. The fraction of sp³-hybridized carbons (Fsp3) is 0.273. The summed E-state index contributed by atoms with van der Waals surface area (Å²) in [7, 11) is -4.32. The van der Waals surface area contributed by atoms with Gasteiger partial charge in [-0.15, -0.1) is 0 Å². The zero-order chi connectivity index (χ0) is 28.3. The lowest BCUT2D eigenvalue weighted by atomic mass is 10.1. The van der Waals surface area contributed by atoms with E-state index in [9.17, 15) is 9.46 Å². The molecule has 1 heterocycles. The Labute approximate surface area is 241 Å². The molecule has 0 amide bonds. The molecule has 0 aromatic heterocycles. The maximum Gasteiger partial charge on any atom is 0.359 e. The summed E-state index contributed by atoms with van der Waals surface area (Å²) < 4.78 is 44.4. The Hall–Kier alpha value is -3.13. The van der Waals surface area contributed by atoms with Gasteiger partial charge in [-0.2, -0.15) is 0 Å². The lowest BCUT2D eigenvalue weighted by Gasteiger charge is -2.43. The van der Waals surface area contributed by atoms with Gasteiger partial charge < -0.3 is 23.8 Å². The van der Waals surface area contributed by atoms with Crippen molar-refractivity contribution in [3.05, 3.63) is 144 Å². The molecule has 0 aliphatic carbocycles. The van der Waals surface area contributed by atoms with Crippen molar-refractivity contribution < 1.29 is 32.9 Å². The number of rotatable bonds is 13. The van der Waals surface area contributed by atoms with Crippen molar-refractivity contribution in [2.75, 3.05) is 6.61 Å². The molecule has 5 atom stereocenters. The molecule has 1 unspecified atom stereocenters. The molecule has 4 aromatic carbocycles. The molecule has 5 rings (SSSR count). The summed E-state index contributed by atoms with van der Waals surface area (Å²) in [5, 5.41) is 0. The molecule has 1 saturated heterocycles. The fourth-order valence-corrected chi connectivity index (χ4v) is 6.30. The van der Waals surface area contributed by atoms with Gasteiger partial charge in [0.2, 0.25) is 0 Å². The molecule has 41 heavy (non-hydrogen) atoms. The highest BCUT2D eigenvalue weighted by Crippen LogP contribution is 2.56. The average Bonchev–Trinajstić information content (AvgIpc) is 3.01. The highest BCUT2D eigenvalue weighted by atomic mass is 31.2. The Bertz CT molecular complexity index is 1360. The molecule has 0 saturated carbocycles. The SMILES string of the molecule is O=P1(O)O[C@H](COCc2ccccc2)[C@@H](OCc2ccccc2)[C@H](OCc2ccccc2)[C@@H]1OCc1ccccc1. The van der Waals surface area contributed by atoms with Crippen LogP contribution in [0, 0.1) is 0 Å². The monoisotopic (exact) mass is 574 g/mol. The zero-order valence-corrected chi connectivity index (χ0v) is 23.6. The Morgan fingerprint density at radius 1 is 0.561 bits per heavy atom. The van der Waals surface area contributed by atoms with Gasteiger partial charge in [-0.25, -0.2) is 0 Å². The third-order valence-electron chi connectivity index (χ3n) is 6.81. The first-order valence-corrected chi connectivity index (χ1v) is 15.3. The molecule has 0 radical (unpaired) electrons. The molecule has 0 spiro atoms. The minimum Gasteiger partial charge on any atom is -0.374 e. The molecule has 1 aliphatic rings. The minimum absolute atomic E-state index is 0.0372. The standard InChI is InChI=1S/C33H35O7P/c34-41(35)33(39-24-29-19-11-4-12-20-29)32(38-23-28-17-9-3-10-18-28)31(37-22-27-15-7-2-8-16-27)30(40-41)25-36-21-26-13-5-1-6-14-26/h1-20,30-33H,21-25H2,(H,34,35)/t30-,31-,32+,33-/m1/s1. The van der Waals surface area contributed by atoms with Crippen molar-refractivity contribution in [2.45, 2.75) is 50.6 Å². The van der Waals surface area contributed by atoms with Crippen LogP contribution in [0.15, 0.2) is 121 Å². The summed E-state index contributed by atoms with van der Waals surface area (Å²) in [5.74, 6) is -1.27. The Morgan fingerprint density at radius 2 is 0.951 bits per heavy atom. The van der Waals surface area contributed by atoms with Crippen LogP contribution in [0.5, 0.6) is 0 Å². The Balaban J connectivity index is 1.40. The summed E-state index contributed by atoms with van der Waals surface area (Å²) >= 11 is 0. The number of hydrogen-bond acceptors (Lipinski definition) is 6. The summed E-state index contributed by atoms with van der Waals surface area (Å²) in [4.78, 5) is 11.2. The van der Waals surface area contributed by atoms with Crippen LogP contribution in [0.25, 0.3) is 0 Å². The summed E-state index contributed by atoms with van der Waals surface area (Å²) in [6.45, 7) is 0.946. The predicted octanol–water partition coefficient (Wildman–Crippen LogP) is 6.50. The van der Waals surface area contributed by atoms with Gasteiger partial charge >= 0.3 is 7.60 Å². The molecule has 4 aromatic rings. The van der Waals surface area contributed by atoms with Crippen molar-refractivity contribution in [1.82, 2.24) is 0 Å². The summed E-state index contributed by atoms with van der Waals surface area (Å²) in [6.07, 6.45) is -2.52. The molecule has 0 bridgehead atoms. The van der Waals surface area contributed by atoms with E-state index in [0.717, 1.165) is 22.3 Å². The molecule has 8 heteroatoms. The van der Waals surface area contributed by atoms with Crippen LogP contribution >= 0.6 is 7.60 Å². The van der Waals surface area contributed by atoms with Gasteiger partial charge in [-0.3, -0.25) is 9.09 Å². The van der Waals surface area contributed by atoms with Crippen LogP contribution in [0.3, 0.4) is 0 Å². The smallest absolute Gasteiger partial charge is 0.359 e. The van der Waals surface area contributed by atoms with E-state index in [2.05, 4.69) is 0 Å². The first-order chi connectivity index (χ1) is 20.1. The van der Waals surface area contributed by atoms with Crippen LogP contribution in [0.1, 0.15) is 22.3 Å². The van der Waals surface area contributed by atoms with E-state index in [4.69, 9.17) is 23.5 Å². The third kappa shape index (κ3) is 8.44. The van der Waals surface area contributed by atoms with E-state index < -0.39 is 31.8 Å². The topological polar surface area (TPSA) is 83.5 Å². The minimum atomic E-state index is -4.32. The van der Waals surface area contributed by atoms with Crippen molar-refractivity contribution in [3.63, 3.8) is 0 Å². The van der Waals surface area contributed by atoms with E-state index >= 15 is 0 Å². The highest BCUT2D eigenvalue weighted by molar-refractivity contribution is 7.53. The summed E-state index contributed by atoms with van der Waals surface area (Å²) in [5.41, 5.74) is 3.73. The fourth-order valence-electron chi connectivity index (χ4n) is 4.72. The molecule has 1 fully saturated rings. The van der Waals surface area contributed by atoms with Gasteiger partial charge in [0, 0.05) is 0 Å². The zero-order valence-electron chi connectivity index (χ0n) is 22.7. The van der Waals surface area contributed by atoms with Crippen LogP contribution in [0.4, 0.5) is 0 Å². The van der Waals surface area contributed by atoms with Crippen LogP contribution in [-0.2, 0) is 54.5 Å². The molecule has 7 nitrogen and oxygen atoms in total. The third-order valence-corrected chi connectivity index (χ3v) is 8.47. The Kier molecular flexibility index (Phi) is 10.5. The molecule has 1 aliphatic heterocycles. The Morgan fingerprint density at radius 3 is 1.41 bits per heavy atom. The first kappa shape index (κ1) is 29.4. The second-order valence-electron chi connectivity index (χ2n) is 9.92. The van der Waals surface area contributed by atoms with Crippen LogP contribution in [-0.4, -0.2) is 35.7 Å². The maximum absolute atomic E-state index is 13.7. The van der Waals surface area contributed by atoms with Crippen molar-refractivity contribution >= 4 is 7.60 Å². The first-order valence-electron chi connectivity index (χ1n) is 13.7. The van der Waals surface area contributed by atoms with Gasteiger partial charge in [0.15, 0.2) is 5.85 Å². The van der Waals surface area contributed by atoms with E-state index in [1.807, 2.05) is 121 Å². The second-order valence-corrected chi connectivity index (χ2v) is 11.8. The van der Waals surface area contributed by atoms with Crippen LogP contribution < -0.4 is 0 Å². The van der Waals surface area contributed by atoms with Gasteiger partial charge in [-0.1, -0.05) is 121 Å². The van der Waals surface area contributed by atoms with E-state index in [-0.39, 0.29) is 26.4 Å². The quantitative estimate of drug-likeness (QED) is 0.183. The molecule has 1 N–H and O–H groups in total. The van der Waals surface area contributed by atoms with E-state index in [1.54, 1.807) is 0 Å². The number of hydrogen-bond donors (Lipinski definition) is 1. The molecular formula is C33H35O7P. The van der Waals surface area contributed by atoms with Gasteiger partial charge in [0.25, 0.3) is 0 Å². The van der Waals surface area contributed by atoms with Crippen molar-refractivity contribution in [3.8, 4) is 0 Å². The maximum atomic E-state index is 13.7. The average molecular weight is 575 g/mol. The van der Waals surface area contributed by atoms with Crippen molar-refractivity contribution in [2.24, 2.45) is 0 Å². The lowest BCUT2D eigenvalue weighted by Crippen LogP contribution is -2.54. The van der Waals surface area contributed by atoms with E-state index in [0.29, 0.717) is 6.61 Å². The largest absolute Gasteiger partial charge is 0.374 e. The van der Waals surface area contributed by atoms with Crippen LogP contribution in [0.2, 0.25) is 0 Å². The molecular weight excluding hydrogens is 539 g/mol. The second kappa shape index (κ2) is 14.7. The van der Waals surface area contributed by atoms with Gasteiger partial charge in [0.05, 0.1) is 33.0 Å². The van der Waals surface area contributed by atoms with E-state index in [1.165, 1.54) is 0 Å². The van der Waals surface area contributed by atoms with Crippen molar-refractivity contribution in [1.29, 1.82) is 0 Å². The lowest BCUT2D eigenvalue weighted by molar-refractivity contribution is -0.190. The van der Waals surface area contributed by atoms with Gasteiger partial charge in [0.1, 0.15) is 18.3 Å². The number of benzene rings is 4. The normalized spacial score (nSPS) is 24.2. The predicted molar refractivity (Wildman–Crippen MR) is 156 cm³/mol. The van der Waals surface area contributed by atoms with Gasteiger partial charge in [-0.05, 0) is 22.3 Å². The summed E-state index contributed by atoms with van der Waals surface area (Å²) in [6, 6.07) is 38.6.